The molecular weight excluding hydrogens is 266 g/mol. The lowest BCUT2D eigenvalue weighted by Crippen LogP contribution is -2.28. The van der Waals surface area contributed by atoms with E-state index < -0.39 is 4.92 Å². The smallest absolute Gasteiger partial charge is 0.271 e. The highest BCUT2D eigenvalue weighted by molar-refractivity contribution is 6.33. The number of halogens is 1. The minimum Gasteiger partial charge on any atom is -0.369 e. The molecule has 5 nitrogen and oxygen atoms in total. The van der Waals surface area contributed by atoms with E-state index in [-0.39, 0.29) is 5.69 Å². The molecule has 0 fully saturated rings. The van der Waals surface area contributed by atoms with Gasteiger partial charge in [-0.2, -0.15) is 5.26 Å². The molecule has 0 unspecified atom stereocenters. The van der Waals surface area contributed by atoms with Crippen LogP contribution in [0.1, 0.15) is 20.3 Å². The quantitative estimate of drug-likeness (QED) is 0.590. The van der Waals surface area contributed by atoms with Crippen molar-refractivity contribution in [1.82, 2.24) is 0 Å². The Hall–Kier alpha value is -1.80. The number of benzene rings is 1. The fourth-order valence-electron chi connectivity index (χ4n) is 1.80. The number of anilines is 1. The molecule has 0 bridgehead atoms. The zero-order valence-corrected chi connectivity index (χ0v) is 11.7. The third kappa shape index (κ3) is 4.42. The number of rotatable bonds is 6. The fourth-order valence-corrected chi connectivity index (χ4v) is 2.10. The highest BCUT2D eigenvalue weighted by Crippen LogP contribution is 2.30. The fraction of sp³-hybridized carbons (Fsp3) is 0.462. The van der Waals surface area contributed by atoms with E-state index in [2.05, 4.69) is 19.9 Å². The minimum atomic E-state index is -0.474. The van der Waals surface area contributed by atoms with Crippen LogP contribution in [0.4, 0.5) is 11.4 Å². The van der Waals surface area contributed by atoms with Crippen LogP contribution in [-0.4, -0.2) is 18.0 Å². The van der Waals surface area contributed by atoms with Crippen LogP contribution in [0.2, 0.25) is 5.02 Å². The van der Waals surface area contributed by atoms with E-state index >= 15 is 0 Å². The monoisotopic (exact) mass is 281 g/mol. The van der Waals surface area contributed by atoms with Crippen LogP contribution < -0.4 is 4.90 Å². The van der Waals surface area contributed by atoms with Crippen molar-refractivity contribution in [1.29, 1.82) is 5.26 Å². The Balaban J connectivity index is 3.01. The number of nitro groups is 1. The van der Waals surface area contributed by atoms with Crippen LogP contribution in [0.25, 0.3) is 0 Å². The number of hydrogen-bond acceptors (Lipinski definition) is 4. The van der Waals surface area contributed by atoms with Crippen LogP contribution in [0.5, 0.6) is 0 Å². The zero-order valence-electron chi connectivity index (χ0n) is 11.0. The standard InChI is InChI=1S/C13H16ClN3O2/c1-10(2)9-16(7-3-6-15)13-5-4-11(17(18)19)8-12(13)14/h4-5,8,10H,3,7,9H2,1-2H3. The normalized spacial score (nSPS) is 10.3. The van der Waals surface area contributed by atoms with Crippen LogP contribution in [0, 0.1) is 27.4 Å². The molecule has 0 radical (unpaired) electrons. The van der Waals surface area contributed by atoms with Crippen molar-refractivity contribution in [2.24, 2.45) is 5.92 Å². The molecular formula is C13H16ClN3O2. The number of nitrogens with zero attached hydrogens (tertiary/aromatic N) is 3. The molecule has 0 aliphatic carbocycles. The molecule has 1 aromatic carbocycles. The number of nitro benzene ring substituents is 1. The lowest BCUT2D eigenvalue weighted by Gasteiger charge is -2.26. The second-order valence-electron chi connectivity index (χ2n) is 4.64. The van der Waals surface area contributed by atoms with E-state index in [1.165, 1.54) is 12.1 Å². The van der Waals surface area contributed by atoms with Gasteiger partial charge >= 0.3 is 0 Å². The molecule has 0 amide bonds. The average molecular weight is 282 g/mol. The summed E-state index contributed by atoms with van der Waals surface area (Å²) in [4.78, 5) is 12.2. The van der Waals surface area contributed by atoms with Gasteiger partial charge in [-0.05, 0) is 12.0 Å². The van der Waals surface area contributed by atoms with Crippen LogP contribution >= 0.6 is 11.6 Å². The van der Waals surface area contributed by atoms with Crippen LogP contribution in [-0.2, 0) is 0 Å². The lowest BCUT2D eigenvalue weighted by molar-refractivity contribution is -0.384. The summed E-state index contributed by atoms with van der Waals surface area (Å²) in [6, 6.07) is 6.51. The SMILES string of the molecule is CC(C)CN(CCC#N)c1ccc([N+](=O)[O-])cc1Cl. The molecule has 0 saturated carbocycles. The van der Waals surface area contributed by atoms with E-state index in [4.69, 9.17) is 16.9 Å². The van der Waals surface area contributed by atoms with Gasteiger partial charge in [-0.3, -0.25) is 10.1 Å². The van der Waals surface area contributed by atoms with Crippen molar-refractivity contribution >= 4 is 23.0 Å². The summed E-state index contributed by atoms with van der Waals surface area (Å²) in [7, 11) is 0. The minimum absolute atomic E-state index is 0.0291. The summed E-state index contributed by atoms with van der Waals surface area (Å²) in [5.41, 5.74) is 0.703. The number of hydrogen-bond donors (Lipinski definition) is 0. The molecule has 0 spiro atoms. The van der Waals surface area contributed by atoms with Crippen molar-refractivity contribution in [2.75, 3.05) is 18.0 Å². The summed E-state index contributed by atoms with van der Waals surface area (Å²) in [6.45, 7) is 5.45. The zero-order chi connectivity index (χ0) is 14.4. The highest BCUT2D eigenvalue weighted by Gasteiger charge is 2.15. The molecule has 0 atom stereocenters. The predicted octanol–water partition coefficient (Wildman–Crippen LogP) is 3.62. The van der Waals surface area contributed by atoms with E-state index in [1.807, 2.05) is 4.90 Å². The van der Waals surface area contributed by atoms with Gasteiger partial charge in [0.2, 0.25) is 0 Å². The van der Waals surface area contributed by atoms with Crippen molar-refractivity contribution in [2.45, 2.75) is 20.3 Å². The maximum atomic E-state index is 10.7. The topological polar surface area (TPSA) is 70.2 Å². The predicted molar refractivity (Wildman–Crippen MR) is 75.4 cm³/mol. The first-order chi connectivity index (χ1) is 8.95. The molecule has 6 heteroatoms. The molecule has 19 heavy (non-hydrogen) atoms. The Kier molecular flexibility index (Phi) is 5.58. The Bertz CT molecular complexity index is 497. The molecule has 1 rings (SSSR count). The molecule has 1 aromatic rings. The van der Waals surface area contributed by atoms with Crippen molar-refractivity contribution in [3.63, 3.8) is 0 Å². The second kappa shape index (κ2) is 6.95. The number of non-ortho nitro benzene ring substituents is 1. The van der Waals surface area contributed by atoms with Gasteiger partial charge in [0.05, 0.1) is 28.1 Å². The van der Waals surface area contributed by atoms with E-state index in [1.54, 1.807) is 6.07 Å². The van der Waals surface area contributed by atoms with Gasteiger partial charge in [-0.1, -0.05) is 25.4 Å². The van der Waals surface area contributed by atoms with E-state index in [0.717, 1.165) is 12.2 Å². The van der Waals surface area contributed by atoms with Crippen LogP contribution in [0.15, 0.2) is 18.2 Å². The summed E-state index contributed by atoms with van der Waals surface area (Å²) in [5.74, 6) is 0.407. The van der Waals surface area contributed by atoms with Crippen LogP contribution in [0.3, 0.4) is 0 Å². The molecule has 0 N–H and O–H groups in total. The molecule has 0 saturated heterocycles. The van der Waals surface area contributed by atoms with Crippen molar-refractivity contribution < 1.29 is 4.92 Å². The van der Waals surface area contributed by atoms with E-state index in [0.29, 0.717) is 23.9 Å². The van der Waals surface area contributed by atoms with Gasteiger partial charge in [0, 0.05) is 25.2 Å². The first-order valence-electron chi connectivity index (χ1n) is 6.01. The molecule has 102 valence electrons. The maximum Gasteiger partial charge on any atom is 0.271 e. The molecule has 0 aromatic heterocycles. The average Bonchev–Trinajstić information content (AvgIpc) is 2.34. The van der Waals surface area contributed by atoms with Gasteiger partial charge in [-0.25, -0.2) is 0 Å². The Morgan fingerprint density at radius 2 is 2.21 bits per heavy atom. The Labute approximate surface area is 117 Å². The third-order valence-corrected chi connectivity index (χ3v) is 2.86. The third-order valence-electron chi connectivity index (χ3n) is 2.56. The highest BCUT2D eigenvalue weighted by atomic mass is 35.5. The van der Waals surface area contributed by atoms with Gasteiger partial charge in [0.25, 0.3) is 5.69 Å². The van der Waals surface area contributed by atoms with Gasteiger partial charge < -0.3 is 4.90 Å². The first-order valence-corrected chi connectivity index (χ1v) is 6.39. The largest absolute Gasteiger partial charge is 0.369 e. The maximum absolute atomic E-state index is 10.7. The summed E-state index contributed by atoms with van der Waals surface area (Å²) >= 11 is 6.10. The molecule has 0 aliphatic heterocycles. The summed E-state index contributed by atoms with van der Waals surface area (Å²) in [6.07, 6.45) is 0.389. The summed E-state index contributed by atoms with van der Waals surface area (Å²) < 4.78 is 0. The van der Waals surface area contributed by atoms with Crippen molar-refractivity contribution in [3.05, 3.63) is 33.3 Å². The molecule has 0 heterocycles. The first kappa shape index (κ1) is 15.3. The van der Waals surface area contributed by atoms with Crippen molar-refractivity contribution in [3.8, 4) is 6.07 Å². The van der Waals surface area contributed by atoms with Gasteiger partial charge in [0.15, 0.2) is 0 Å². The lowest BCUT2D eigenvalue weighted by atomic mass is 10.1. The summed E-state index contributed by atoms with van der Waals surface area (Å²) in [5, 5.41) is 19.7. The molecule has 0 aliphatic rings. The van der Waals surface area contributed by atoms with Gasteiger partial charge in [-0.15, -0.1) is 0 Å². The van der Waals surface area contributed by atoms with E-state index in [9.17, 15) is 10.1 Å². The van der Waals surface area contributed by atoms with Gasteiger partial charge in [0.1, 0.15) is 0 Å². The Morgan fingerprint density at radius 1 is 1.53 bits per heavy atom. The second-order valence-corrected chi connectivity index (χ2v) is 5.05. The number of nitriles is 1. The Morgan fingerprint density at radius 3 is 2.68 bits per heavy atom.